The molecule has 184 valence electrons. The van der Waals surface area contributed by atoms with E-state index in [2.05, 4.69) is 41.1 Å². The molecule has 0 spiro atoms. The number of fused-ring (bicyclic) bond motifs is 1. The Morgan fingerprint density at radius 1 is 0.971 bits per heavy atom. The topological polar surface area (TPSA) is 64.1 Å². The van der Waals surface area contributed by atoms with Gasteiger partial charge in [-0.25, -0.2) is 0 Å². The minimum absolute atomic E-state index is 0.0620. The molecule has 0 bridgehead atoms. The first-order chi connectivity index (χ1) is 17.1. The van der Waals surface area contributed by atoms with Crippen LogP contribution in [0.4, 0.5) is 0 Å². The van der Waals surface area contributed by atoms with E-state index in [1.165, 1.54) is 11.1 Å². The molecule has 2 heterocycles. The molecule has 0 unspecified atom stereocenters. The molecule has 0 atom stereocenters. The van der Waals surface area contributed by atoms with Crippen LogP contribution in [-0.4, -0.2) is 54.6 Å². The Morgan fingerprint density at radius 2 is 1.71 bits per heavy atom. The van der Waals surface area contributed by atoms with E-state index in [0.717, 1.165) is 36.5 Å². The quantitative estimate of drug-likeness (QED) is 0.465. The Morgan fingerprint density at radius 3 is 2.46 bits per heavy atom. The predicted molar refractivity (Wildman–Crippen MR) is 135 cm³/mol. The second kappa shape index (κ2) is 11.7. The fraction of sp³-hybridized carbons (Fsp3) is 0.357. The van der Waals surface area contributed by atoms with E-state index in [4.69, 9.17) is 14.2 Å². The first-order valence-electron chi connectivity index (χ1n) is 11.9. The Balaban J connectivity index is 1.44. The van der Waals surface area contributed by atoms with Crippen LogP contribution in [0.15, 0.2) is 60.9 Å². The summed E-state index contributed by atoms with van der Waals surface area (Å²) >= 11 is 0. The van der Waals surface area contributed by atoms with Gasteiger partial charge in [0.15, 0.2) is 11.5 Å². The Labute approximate surface area is 207 Å². The van der Waals surface area contributed by atoms with Crippen molar-refractivity contribution in [3.63, 3.8) is 0 Å². The minimum atomic E-state index is 0.0620. The second-order valence-corrected chi connectivity index (χ2v) is 8.63. The van der Waals surface area contributed by atoms with Crippen LogP contribution in [-0.2, 0) is 30.8 Å². The fourth-order valence-corrected chi connectivity index (χ4v) is 4.32. The van der Waals surface area contributed by atoms with Gasteiger partial charge in [0.2, 0.25) is 5.91 Å². The standard InChI is InChI=1S/C28H33N3O4/c1-4-30(18-21-9-11-29-12-10-21)19-23-6-7-25-24(15-23)20-31(13-14-35-25)28(32)17-22-5-8-26(33-2)27(16-22)34-3/h5-12,15-16H,4,13-14,17-20H2,1-3H3. The molecule has 0 fully saturated rings. The zero-order valence-corrected chi connectivity index (χ0v) is 20.7. The number of carbonyl (C=O) groups excluding carboxylic acids is 1. The first kappa shape index (κ1) is 24.5. The van der Waals surface area contributed by atoms with E-state index in [1.807, 2.05) is 41.6 Å². The summed E-state index contributed by atoms with van der Waals surface area (Å²) in [6.45, 7) is 6.36. The van der Waals surface area contributed by atoms with Gasteiger partial charge >= 0.3 is 0 Å². The minimum Gasteiger partial charge on any atom is -0.493 e. The maximum absolute atomic E-state index is 13.2. The van der Waals surface area contributed by atoms with Crippen LogP contribution in [0.3, 0.4) is 0 Å². The maximum Gasteiger partial charge on any atom is 0.227 e. The summed E-state index contributed by atoms with van der Waals surface area (Å²) in [5.74, 6) is 2.19. The summed E-state index contributed by atoms with van der Waals surface area (Å²) in [6.07, 6.45) is 3.96. The number of carbonyl (C=O) groups is 1. The molecule has 0 saturated carbocycles. The number of methoxy groups -OCH3 is 2. The molecule has 35 heavy (non-hydrogen) atoms. The van der Waals surface area contributed by atoms with Gasteiger partial charge in [0, 0.05) is 37.6 Å². The third kappa shape index (κ3) is 6.31. The molecule has 1 aliphatic heterocycles. The number of hydrogen-bond acceptors (Lipinski definition) is 6. The van der Waals surface area contributed by atoms with Gasteiger partial charge in [0.1, 0.15) is 12.4 Å². The van der Waals surface area contributed by atoms with Gasteiger partial charge in [0.05, 0.1) is 27.2 Å². The van der Waals surface area contributed by atoms with Gasteiger partial charge in [-0.15, -0.1) is 0 Å². The van der Waals surface area contributed by atoms with Crippen molar-refractivity contribution in [1.82, 2.24) is 14.8 Å². The summed E-state index contributed by atoms with van der Waals surface area (Å²) < 4.78 is 16.7. The smallest absolute Gasteiger partial charge is 0.227 e. The first-order valence-corrected chi connectivity index (χ1v) is 11.9. The summed E-state index contributed by atoms with van der Waals surface area (Å²) in [4.78, 5) is 21.5. The fourth-order valence-electron chi connectivity index (χ4n) is 4.32. The molecule has 2 aromatic carbocycles. The number of amides is 1. The maximum atomic E-state index is 13.2. The highest BCUT2D eigenvalue weighted by Crippen LogP contribution is 2.29. The highest BCUT2D eigenvalue weighted by atomic mass is 16.5. The molecule has 3 aromatic rings. The van der Waals surface area contributed by atoms with E-state index in [9.17, 15) is 4.79 Å². The Bertz CT molecular complexity index is 1140. The number of aromatic nitrogens is 1. The highest BCUT2D eigenvalue weighted by Gasteiger charge is 2.21. The molecule has 1 aromatic heterocycles. The van der Waals surface area contributed by atoms with Gasteiger partial charge in [-0.3, -0.25) is 14.7 Å². The molecule has 1 amide bonds. The van der Waals surface area contributed by atoms with Crippen LogP contribution < -0.4 is 14.2 Å². The lowest BCUT2D eigenvalue weighted by Crippen LogP contribution is -2.33. The molecule has 0 aliphatic carbocycles. The molecular weight excluding hydrogens is 442 g/mol. The Kier molecular flexibility index (Phi) is 8.21. The Hall–Kier alpha value is -3.58. The molecule has 7 heteroatoms. The molecular formula is C28H33N3O4. The van der Waals surface area contributed by atoms with Crippen LogP contribution in [0.5, 0.6) is 17.2 Å². The van der Waals surface area contributed by atoms with Crippen LogP contribution >= 0.6 is 0 Å². The van der Waals surface area contributed by atoms with Crippen LogP contribution in [0.25, 0.3) is 0 Å². The molecule has 7 nitrogen and oxygen atoms in total. The number of benzene rings is 2. The molecule has 1 aliphatic rings. The van der Waals surface area contributed by atoms with Gasteiger partial charge in [-0.1, -0.05) is 19.1 Å². The van der Waals surface area contributed by atoms with E-state index >= 15 is 0 Å². The zero-order valence-electron chi connectivity index (χ0n) is 20.7. The van der Waals surface area contributed by atoms with Crippen molar-refractivity contribution in [2.24, 2.45) is 0 Å². The van der Waals surface area contributed by atoms with Gasteiger partial charge < -0.3 is 19.1 Å². The third-order valence-corrected chi connectivity index (χ3v) is 6.27. The lowest BCUT2D eigenvalue weighted by atomic mass is 10.1. The van der Waals surface area contributed by atoms with Crippen molar-refractivity contribution in [2.75, 3.05) is 33.9 Å². The lowest BCUT2D eigenvalue weighted by molar-refractivity contribution is -0.131. The van der Waals surface area contributed by atoms with Crippen molar-refractivity contribution < 1.29 is 19.0 Å². The number of rotatable bonds is 9. The second-order valence-electron chi connectivity index (χ2n) is 8.63. The van der Waals surface area contributed by atoms with Gasteiger partial charge in [-0.2, -0.15) is 0 Å². The van der Waals surface area contributed by atoms with Gasteiger partial charge in [0.25, 0.3) is 0 Å². The van der Waals surface area contributed by atoms with Crippen LogP contribution in [0.1, 0.15) is 29.2 Å². The molecule has 0 saturated heterocycles. The normalized spacial score (nSPS) is 13.1. The molecule has 4 rings (SSSR count). The lowest BCUT2D eigenvalue weighted by Gasteiger charge is -2.22. The zero-order chi connectivity index (χ0) is 24.6. The third-order valence-electron chi connectivity index (χ3n) is 6.27. The van der Waals surface area contributed by atoms with E-state index < -0.39 is 0 Å². The summed E-state index contributed by atoms with van der Waals surface area (Å²) in [6, 6.07) is 16.0. The summed E-state index contributed by atoms with van der Waals surface area (Å²) in [5.41, 5.74) is 4.38. The van der Waals surface area contributed by atoms with Crippen LogP contribution in [0, 0.1) is 0 Å². The number of pyridine rings is 1. The summed E-state index contributed by atoms with van der Waals surface area (Å²) in [5, 5.41) is 0. The van der Waals surface area contributed by atoms with Crippen LogP contribution in [0.2, 0.25) is 0 Å². The van der Waals surface area contributed by atoms with Crippen molar-refractivity contribution in [2.45, 2.75) is 33.0 Å². The molecule has 0 radical (unpaired) electrons. The molecule has 0 N–H and O–H groups in total. The van der Waals surface area contributed by atoms with Crippen molar-refractivity contribution >= 4 is 5.91 Å². The monoisotopic (exact) mass is 475 g/mol. The number of nitrogens with zero attached hydrogens (tertiary/aromatic N) is 3. The van der Waals surface area contributed by atoms with E-state index in [0.29, 0.717) is 37.6 Å². The predicted octanol–water partition coefficient (Wildman–Crippen LogP) is 4.08. The summed E-state index contributed by atoms with van der Waals surface area (Å²) in [7, 11) is 3.20. The van der Waals surface area contributed by atoms with Crippen molar-refractivity contribution in [1.29, 1.82) is 0 Å². The van der Waals surface area contributed by atoms with E-state index in [1.54, 1.807) is 14.2 Å². The van der Waals surface area contributed by atoms with Gasteiger partial charge in [-0.05, 0) is 59.6 Å². The average Bonchev–Trinajstić information content (AvgIpc) is 3.11. The van der Waals surface area contributed by atoms with Crippen molar-refractivity contribution in [3.8, 4) is 17.2 Å². The van der Waals surface area contributed by atoms with E-state index in [-0.39, 0.29) is 5.91 Å². The average molecular weight is 476 g/mol. The highest BCUT2D eigenvalue weighted by molar-refractivity contribution is 5.79. The number of ether oxygens (including phenoxy) is 3. The number of hydrogen-bond donors (Lipinski definition) is 0. The largest absolute Gasteiger partial charge is 0.493 e. The SMILES string of the molecule is CCN(Cc1ccncc1)Cc1ccc2c(c1)CN(C(=O)Cc1ccc(OC)c(OC)c1)CCO2. The van der Waals surface area contributed by atoms with Crippen molar-refractivity contribution in [3.05, 3.63) is 83.2 Å².